The number of carboxylic acids is 1. The summed E-state index contributed by atoms with van der Waals surface area (Å²) in [5, 5.41) is 8.75. The largest absolute Gasteiger partial charge is 0.475 e. The minimum Gasteiger partial charge on any atom is -0.475 e. The summed E-state index contributed by atoms with van der Waals surface area (Å²) in [6.45, 7) is 0. The van der Waals surface area contributed by atoms with E-state index in [2.05, 4.69) is 9.97 Å². The van der Waals surface area contributed by atoms with Crippen molar-refractivity contribution in [1.82, 2.24) is 9.97 Å². The van der Waals surface area contributed by atoms with Crippen LogP contribution in [-0.4, -0.2) is 21.0 Å². The van der Waals surface area contributed by atoms with Gasteiger partial charge in [0.2, 0.25) is 5.82 Å². The van der Waals surface area contributed by atoms with Gasteiger partial charge in [-0.3, -0.25) is 0 Å². The molecule has 0 aliphatic heterocycles. The van der Waals surface area contributed by atoms with Crippen LogP contribution in [0.5, 0.6) is 0 Å². The van der Waals surface area contributed by atoms with Crippen molar-refractivity contribution >= 4 is 18.1 Å². The highest BCUT2D eigenvalue weighted by molar-refractivity contribution is 5.83. The Hall–Kier alpha value is -2.49. The van der Waals surface area contributed by atoms with E-state index in [-0.39, 0.29) is 5.82 Å². The van der Waals surface area contributed by atoms with Gasteiger partial charge >= 0.3 is 5.97 Å². The van der Waals surface area contributed by atoms with Crippen molar-refractivity contribution in [2.45, 2.75) is 0 Å². The Balaban J connectivity index is 2.22. The Bertz CT molecular complexity index is 550. The molecule has 0 aliphatic rings. The van der Waals surface area contributed by atoms with Crippen LogP contribution in [0.4, 0.5) is 0 Å². The smallest absolute Gasteiger partial charge is 0.373 e. The van der Waals surface area contributed by atoms with Gasteiger partial charge in [-0.25, -0.2) is 14.8 Å². The Labute approximate surface area is 98.3 Å². The Morgan fingerprint density at radius 1 is 1.12 bits per heavy atom. The van der Waals surface area contributed by atoms with Crippen LogP contribution in [0.2, 0.25) is 0 Å². The third kappa shape index (κ3) is 2.98. The number of aromatic nitrogens is 2. The number of carbonyl (C=O) groups is 1. The molecule has 2 rings (SSSR count). The molecule has 4 heteroatoms. The highest BCUT2D eigenvalue weighted by atomic mass is 16.4. The predicted octanol–water partition coefficient (Wildman–Crippen LogP) is 2.35. The van der Waals surface area contributed by atoms with Crippen LogP contribution in [0.25, 0.3) is 12.2 Å². The number of hydrogen-bond acceptors (Lipinski definition) is 3. The zero-order valence-corrected chi connectivity index (χ0v) is 8.95. The van der Waals surface area contributed by atoms with E-state index in [1.165, 1.54) is 6.20 Å². The van der Waals surface area contributed by atoms with Crippen molar-refractivity contribution in [2.24, 2.45) is 0 Å². The first kappa shape index (κ1) is 11.0. The van der Waals surface area contributed by atoms with Crippen LogP contribution in [0.15, 0.2) is 42.6 Å². The number of aromatic carboxylic acids is 1. The lowest BCUT2D eigenvalue weighted by Gasteiger charge is -1.95. The fraction of sp³-hybridized carbons (Fsp3) is 0. The third-order valence-corrected chi connectivity index (χ3v) is 2.11. The van der Waals surface area contributed by atoms with E-state index in [0.717, 1.165) is 5.56 Å². The Morgan fingerprint density at radius 2 is 1.88 bits per heavy atom. The van der Waals surface area contributed by atoms with Gasteiger partial charge in [-0.15, -0.1) is 0 Å². The van der Waals surface area contributed by atoms with Gasteiger partial charge in [0.05, 0.1) is 5.69 Å². The molecule has 0 atom stereocenters. The van der Waals surface area contributed by atoms with Gasteiger partial charge in [-0.2, -0.15) is 0 Å². The van der Waals surface area contributed by atoms with Crippen LogP contribution >= 0.6 is 0 Å². The van der Waals surface area contributed by atoms with E-state index < -0.39 is 5.97 Å². The quantitative estimate of drug-likeness (QED) is 0.872. The molecule has 0 radical (unpaired) electrons. The van der Waals surface area contributed by atoms with Crippen molar-refractivity contribution < 1.29 is 9.90 Å². The molecule has 17 heavy (non-hydrogen) atoms. The molecule has 2 aromatic rings. The maximum atomic E-state index is 10.7. The number of rotatable bonds is 3. The van der Waals surface area contributed by atoms with E-state index in [4.69, 9.17) is 5.11 Å². The first-order valence-corrected chi connectivity index (χ1v) is 5.05. The van der Waals surface area contributed by atoms with Gasteiger partial charge in [-0.1, -0.05) is 36.4 Å². The molecule has 0 amide bonds. The lowest BCUT2D eigenvalue weighted by molar-refractivity contribution is 0.0683. The standard InChI is InChI=1S/C13H10N2O2/c16-13(17)12-14-9-8-11(15-12)7-6-10-4-2-1-3-5-10/h1-9H,(H,16,17). The second-order valence-electron chi connectivity index (χ2n) is 3.35. The molecule has 0 saturated heterocycles. The van der Waals surface area contributed by atoms with Crippen LogP contribution in [-0.2, 0) is 0 Å². The minimum absolute atomic E-state index is 0.194. The summed E-state index contributed by atoms with van der Waals surface area (Å²) >= 11 is 0. The maximum absolute atomic E-state index is 10.7. The minimum atomic E-state index is -1.13. The molecule has 4 nitrogen and oxygen atoms in total. The Kier molecular flexibility index (Phi) is 3.25. The number of nitrogens with zero attached hydrogens (tertiary/aromatic N) is 2. The molecular weight excluding hydrogens is 216 g/mol. The second-order valence-corrected chi connectivity index (χ2v) is 3.35. The molecule has 0 spiro atoms. The van der Waals surface area contributed by atoms with E-state index in [1.54, 1.807) is 12.1 Å². The van der Waals surface area contributed by atoms with Crippen LogP contribution in [0.3, 0.4) is 0 Å². The molecule has 84 valence electrons. The summed E-state index contributed by atoms with van der Waals surface area (Å²) in [5.41, 5.74) is 1.60. The van der Waals surface area contributed by atoms with Gasteiger partial charge in [-0.05, 0) is 17.7 Å². The summed E-state index contributed by atoms with van der Waals surface area (Å²) in [6, 6.07) is 11.4. The van der Waals surface area contributed by atoms with Gasteiger partial charge in [0, 0.05) is 6.20 Å². The van der Waals surface area contributed by atoms with Crippen LogP contribution in [0.1, 0.15) is 21.9 Å². The fourth-order valence-corrected chi connectivity index (χ4v) is 1.31. The van der Waals surface area contributed by atoms with Crippen molar-refractivity contribution in [3.8, 4) is 0 Å². The van der Waals surface area contributed by atoms with Gasteiger partial charge in [0.15, 0.2) is 0 Å². The molecule has 1 heterocycles. The normalized spacial score (nSPS) is 10.6. The van der Waals surface area contributed by atoms with Crippen molar-refractivity contribution in [2.75, 3.05) is 0 Å². The second kappa shape index (κ2) is 5.03. The number of hydrogen-bond donors (Lipinski definition) is 1. The lowest BCUT2D eigenvalue weighted by atomic mass is 10.2. The molecular formula is C13H10N2O2. The molecule has 1 N–H and O–H groups in total. The topological polar surface area (TPSA) is 63.1 Å². The number of carboxylic acid groups (broad SMARTS) is 1. The zero-order chi connectivity index (χ0) is 12.1. The Morgan fingerprint density at radius 3 is 2.59 bits per heavy atom. The van der Waals surface area contributed by atoms with Crippen molar-refractivity contribution in [3.05, 3.63) is 59.7 Å². The van der Waals surface area contributed by atoms with Gasteiger partial charge in [0.25, 0.3) is 0 Å². The average Bonchev–Trinajstić information content (AvgIpc) is 2.38. The predicted molar refractivity (Wildman–Crippen MR) is 64.4 cm³/mol. The molecule has 0 unspecified atom stereocenters. The summed E-state index contributed by atoms with van der Waals surface area (Å²) in [5.74, 6) is -1.32. The van der Waals surface area contributed by atoms with Gasteiger partial charge in [0.1, 0.15) is 0 Å². The third-order valence-electron chi connectivity index (χ3n) is 2.11. The molecule has 0 saturated carbocycles. The van der Waals surface area contributed by atoms with Crippen molar-refractivity contribution in [1.29, 1.82) is 0 Å². The fourth-order valence-electron chi connectivity index (χ4n) is 1.31. The highest BCUT2D eigenvalue weighted by Gasteiger charge is 2.04. The molecule has 1 aromatic carbocycles. The first-order chi connectivity index (χ1) is 8.25. The highest BCUT2D eigenvalue weighted by Crippen LogP contribution is 2.05. The summed E-state index contributed by atoms with van der Waals surface area (Å²) in [4.78, 5) is 18.2. The molecule has 0 fully saturated rings. The number of benzene rings is 1. The van der Waals surface area contributed by atoms with E-state index in [1.807, 2.05) is 36.4 Å². The SMILES string of the molecule is O=C(O)c1nccc(C=Cc2ccccc2)n1. The summed E-state index contributed by atoms with van der Waals surface area (Å²) < 4.78 is 0. The van der Waals surface area contributed by atoms with Crippen LogP contribution in [0, 0.1) is 0 Å². The first-order valence-electron chi connectivity index (χ1n) is 5.05. The lowest BCUT2D eigenvalue weighted by Crippen LogP contribution is -2.03. The van der Waals surface area contributed by atoms with E-state index >= 15 is 0 Å². The molecule has 0 aliphatic carbocycles. The average molecular weight is 226 g/mol. The summed E-state index contributed by atoms with van der Waals surface area (Å²) in [7, 11) is 0. The van der Waals surface area contributed by atoms with E-state index in [0.29, 0.717) is 5.69 Å². The van der Waals surface area contributed by atoms with E-state index in [9.17, 15) is 4.79 Å². The molecule has 0 bridgehead atoms. The van der Waals surface area contributed by atoms with Gasteiger partial charge < -0.3 is 5.11 Å². The summed E-state index contributed by atoms with van der Waals surface area (Å²) in [6.07, 6.45) is 5.05. The molecule has 1 aromatic heterocycles. The maximum Gasteiger partial charge on any atom is 0.373 e. The van der Waals surface area contributed by atoms with Crippen molar-refractivity contribution in [3.63, 3.8) is 0 Å². The van der Waals surface area contributed by atoms with Crippen LogP contribution < -0.4 is 0 Å². The monoisotopic (exact) mass is 226 g/mol. The zero-order valence-electron chi connectivity index (χ0n) is 8.95.